The van der Waals surface area contributed by atoms with E-state index in [0.717, 1.165) is 28.3 Å². The fraction of sp³-hybridized carbons (Fsp3) is 0.619. The van der Waals surface area contributed by atoms with Crippen LogP contribution >= 0.6 is 11.6 Å². The molecule has 1 aromatic carbocycles. The van der Waals surface area contributed by atoms with Crippen molar-refractivity contribution < 1.29 is 4.42 Å². The van der Waals surface area contributed by atoms with Gasteiger partial charge in [0.25, 0.3) is 0 Å². The van der Waals surface area contributed by atoms with E-state index in [9.17, 15) is 0 Å². The highest BCUT2D eigenvalue weighted by molar-refractivity contribution is 6.30. The van der Waals surface area contributed by atoms with E-state index in [-0.39, 0.29) is 5.41 Å². The Kier molecular flexibility index (Phi) is 3.23. The van der Waals surface area contributed by atoms with Gasteiger partial charge in [0.2, 0.25) is 11.8 Å². The fourth-order valence-electron chi connectivity index (χ4n) is 7.00. The van der Waals surface area contributed by atoms with Crippen LogP contribution in [-0.4, -0.2) is 10.2 Å². The Balaban J connectivity index is 1.44. The third-order valence-corrected chi connectivity index (χ3v) is 7.07. The van der Waals surface area contributed by atoms with Crippen LogP contribution < -0.4 is 0 Å². The van der Waals surface area contributed by atoms with Crippen molar-refractivity contribution in [1.29, 1.82) is 0 Å². The topological polar surface area (TPSA) is 38.9 Å². The van der Waals surface area contributed by atoms with E-state index in [1.165, 1.54) is 38.5 Å². The van der Waals surface area contributed by atoms with Crippen LogP contribution in [0.5, 0.6) is 0 Å². The monoisotopic (exact) mass is 356 g/mol. The van der Waals surface area contributed by atoms with Crippen LogP contribution in [-0.2, 0) is 11.8 Å². The average Bonchev–Trinajstić information content (AvgIpc) is 2.95. The summed E-state index contributed by atoms with van der Waals surface area (Å²) in [4.78, 5) is 0. The first-order valence-electron chi connectivity index (χ1n) is 9.43. The molecule has 4 fully saturated rings. The maximum Gasteiger partial charge on any atom is 0.222 e. The molecule has 2 aromatic rings. The molecule has 0 aliphatic heterocycles. The van der Waals surface area contributed by atoms with E-state index in [4.69, 9.17) is 16.0 Å². The Morgan fingerprint density at radius 3 is 2.32 bits per heavy atom. The minimum atomic E-state index is 0.119. The quantitative estimate of drug-likeness (QED) is 0.722. The number of benzene rings is 1. The van der Waals surface area contributed by atoms with E-state index < -0.39 is 0 Å². The molecular weight excluding hydrogens is 332 g/mol. The molecule has 3 nitrogen and oxygen atoms in total. The zero-order chi connectivity index (χ0) is 17.3. The van der Waals surface area contributed by atoms with Gasteiger partial charge in [-0.3, -0.25) is 0 Å². The Morgan fingerprint density at radius 2 is 1.68 bits per heavy atom. The molecule has 2 unspecified atom stereocenters. The van der Waals surface area contributed by atoms with Gasteiger partial charge >= 0.3 is 0 Å². The normalized spacial score (nSPS) is 39.1. The number of nitrogens with zero attached hydrogens (tertiary/aromatic N) is 2. The van der Waals surface area contributed by atoms with E-state index in [1.54, 1.807) is 0 Å². The van der Waals surface area contributed by atoms with Crippen LogP contribution in [0, 0.1) is 16.7 Å². The molecule has 4 bridgehead atoms. The maximum absolute atomic E-state index is 6.24. The van der Waals surface area contributed by atoms with E-state index >= 15 is 0 Å². The van der Waals surface area contributed by atoms with Crippen molar-refractivity contribution in [2.45, 2.75) is 64.2 Å². The summed E-state index contributed by atoms with van der Waals surface area (Å²) >= 11 is 5.97. The van der Waals surface area contributed by atoms with Crippen LogP contribution in [0.4, 0.5) is 0 Å². The molecule has 4 aliphatic carbocycles. The first kappa shape index (κ1) is 15.9. The van der Waals surface area contributed by atoms with Crippen molar-refractivity contribution in [1.82, 2.24) is 10.2 Å². The molecule has 0 radical (unpaired) electrons. The van der Waals surface area contributed by atoms with E-state index in [0.29, 0.717) is 17.3 Å². The van der Waals surface area contributed by atoms with Crippen LogP contribution in [0.15, 0.2) is 28.7 Å². The zero-order valence-electron chi connectivity index (χ0n) is 15.0. The first-order chi connectivity index (χ1) is 11.9. The van der Waals surface area contributed by atoms with Gasteiger partial charge in [-0.2, -0.15) is 0 Å². The molecule has 0 spiro atoms. The van der Waals surface area contributed by atoms with Crippen LogP contribution in [0.2, 0.25) is 5.02 Å². The summed E-state index contributed by atoms with van der Waals surface area (Å²) < 4.78 is 6.24. The van der Waals surface area contributed by atoms with Crippen LogP contribution in [0.3, 0.4) is 0 Å². The Bertz CT molecular complexity index is 794. The number of halogens is 1. The molecule has 2 atom stereocenters. The van der Waals surface area contributed by atoms with Crippen molar-refractivity contribution >= 4 is 11.6 Å². The van der Waals surface area contributed by atoms with Crippen molar-refractivity contribution in [3.8, 4) is 0 Å². The van der Waals surface area contributed by atoms with Gasteiger partial charge in [0.05, 0.1) is 6.42 Å². The predicted molar refractivity (Wildman–Crippen MR) is 97.6 cm³/mol. The number of rotatable bonds is 3. The van der Waals surface area contributed by atoms with Crippen LogP contribution in [0.25, 0.3) is 0 Å². The lowest BCUT2D eigenvalue weighted by atomic mass is 9.40. The molecule has 1 aromatic heterocycles. The standard InChI is InChI=1S/C21H25ClN2O/c1-19-8-15-9-20(2,11-19)13-21(10-15,12-19)18-24-23-17(25-18)7-14-3-5-16(22)6-4-14/h3-6,15H,7-13H2,1-2H3. The van der Waals surface area contributed by atoms with Crippen molar-refractivity contribution in [3.63, 3.8) is 0 Å². The predicted octanol–water partition coefficient (Wildman–Crippen LogP) is 5.56. The van der Waals surface area contributed by atoms with E-state index in [1.807, 2.05) is 24.3 Å². The molecule has 0 amide bonds. The Morgan fingerprint density at radius 1 is 1.00 bits per heavy atom. The molecular formula is C21H25ClN2O. The maximum atomic E-state index is 6.24. The minimum Gasteiger partial charge on any atom is -0.424 e. The lowest BCUT2D eigenvalue weighted by molar-refractivity contribution is -0.117. The largest absolute Gasteiger partial charge is 0.424 e. The molecule has 4 aliphatic rings. The number of hydrogen-bond acceptors (Lipinski definition) is 3. The Labute approximate surface area is 154 Å². The Hall–Kier alpha value is -1.35. The molecule has 4 saturated carbocycles. The second-order valence-electron chi connectivity index (χ2n) is 9.71. The van der Waals surface area contributed by atoms with Gasteiger partial charge in [-0.05, 0) is 73.0 Å². The first-order valence-corrected chi connectivity index (χ1v) is 9.81. The van der Waals surface area contributed by atoms with Gasteiger partial charge in [0.15, 0.2) is 0 Å². The summed E-state index contributed by atoms with van der Waals surface area (Å²) in [7, 11) is 0. The second kappa shape index (κ2) is 5.09. The summed E-state index contributed by atoms with van der Waals surface area (Å²) in [6.45, 7) is 4.96. The third kappa shape index (κ3) is 2.63. The number of hydrogen-bond donors (Lipinski definition) is 0. The van der Waals surface area contributed by atoms with Gasteiger partial charge in [0, 0.05) is 10.4 Å². The van der Waals surface area contributed by atoms with Gasteiger partial charge in [-0.15, -0.1) is 10.2 Å². The zero-order valence-corrected chi connectivity index (χ0v) is 15.8. The summed E-state index contributed by atoms with van der Waals surface area (Å²) in [6, 6.07) is 7.88. The SMILES string of the molecule is CC12CC3CC(C)(C1)CC(c1nnc(Cc4ccc(Cl)cc4)o1)(C3)C2. The summed E-state index contributed by atoms with van der Waals surface area (Å²) in [5.74, 6) is 2.46. The molecule has 6 rings (SSSR count). The van der Waals surface area contributed by atoms with Crippen molar-refractivity contribution in [3.05, 3.63) is 46.6 Å². The lowest BCUT2D eigenvalue weighted by Gasteiger charge is -2.64. The highest BCUT2D eigenvalue weighted by Crippen LogP contribution is 2.69. The number of aromatic nitrogens is 2. The highest BCUT2D eigenvalue weighted by Gasteiger charge is 2.62. The molecule has 0 N–H and O–H groups in total. The van der Waals surface area contributed by atoms with Gasteiger partial charge < -0.3 is 4.42 Å². The molecule has 132 valence electrons. The molecule has 4 heteroatoms. The van der Waals surface area contributed by atoms with Crippen LogP contribution in [0.1, 0.15) is 69.7 Å². The van der Waals surface area contributed by atoms with E-state index in [2.05, 4.69) is 24.0 Å². The third-order valence-electron chi connectivity index (χ3n) is 6.82. The minimum absolute atomic E-state index is 0.119. The summed E-state index contributed by atoms with van der Waals surface area (Å²) in [6.07, 6.45) is 8.48. The van der Waals surface area contributed by atoms with Crippen molar-refractivity contribution in [2.24, 2.45) is 16.7 Å². The summed E-state index contributed by atoms with van der Waals surface area (Å²) in [5.41, 5.74) is 2.19. The molecule has 0 saturated heterocycles. The lowest BCUT2D eigenvalue weighted by Crippen LogP contribution is -2.57. The highest BCUT2D eigenvalue weighted by atomic mass is 35.5. The molecule has 25 heavy (non-hydrogen) atoms. The van der Waals surface area contributed by atoms with Gasteiger partial charge in [0.1, 0.15) is 0 Å². The van der Waals surface area contributed by atoms with Gasteiger partial charge in [-0.25, -0.2) is 0 Å². The van der Waals surface area contributed by atoms with Crippen molar-refractivity contribution in [2.75, 3.05) is 0 Å². The average molecular weight is 357 g/mol. The second-order valence-corrected chi connectivity index (χ2v) is 10.2. The molecule has 1 heterocycles. The van der Waals surface area contributed by atoms with Gasteiger partial charge in [-0.1, -0.05) is 37.6 Å². The fourth-order valence-corrected chi connectivity index (χ4v) is 7.13. The smallest absolute Gasteiger partial charge is 0.222 e. The summed E-state index contributed by atoms with van der Waals surface area (Å²) in [5, 5.41) is 9.68.